The Balaban J connectivity index is 2.01. The van der Waals surface area contributed by atoms with Crippen molar-refractivity contribution in [2.75, 3.05) is 6.26 Å². The van der Waals surface area contributed by atoms with Crippen LogP contribution in [0.4, 0.5) is 0 Å². The van der Waals surface area contributed by atoms with Crippen LogP contribution in [0.25, 0.3) is 0 Å². The normalized spacial score (nSPS) is 22.4. The molecule has 0 aliphatic heterocycles. The van der Waals surface area contributed by atoms with Gasteiger partial charge in [0, 0.05) is 6.26 Å². The van der Waals surface area contributed by atoms with Crippen molar-refractivity contribution in [3.63, 3.8) is 0 Å². The second-order valence-corrected chi connectivity index (χ2v) is 7.34. The smallest absolute Gasteiger partial charge is 0.152 e. The molecule has 0 saturated heterocycles. The SMILES string of the molecule is CC(C(O)CC1Cc2ccccc21)S(C)(=O)=O. The second kappa shape index (κ2) is 4.42. The molecule has 1 aromatic carbocycles. The Kier molecular flexibility index (Phi) is 3.27. The van der Waals surface area contributed by atoms with Crippen molar-refractivity contribution >= 4 is 9.84 Å². The van der Waals surface area contributed by atoms with E-state index in [1.54, 1.807) is 6.92 Å². The van der Waals surface area contributed by atoms with E-state index in [2.05, 4.69) is 12.1 Å². The van der Waals surface area contributed by atoms with Crippen molar-refractivity contribution in [3.8, 4) is 0 Å². The molecule has 0 saturated carbocycles. The maximum Gasteiger partial charge on any atom is 0.152 e. The van der Waals surface area contributed by atoms with Crippen LogP contribution in [0.5, 0.6) is 0 Å². The first kappa shape index (κ1) is 12.6. The van der Waals surface area contributed by atoms with E-state index in [1.807, 2.05) is 12.1 Å². The fourth-order valence-electron chi connectivity index (χ4n) is 2.34. The number of aliphatic hydroxyl groups excluding tert-OH is 1. The van der Waals surface area contributed by atoms with E-state index in [9.17, 15) is 13.5 Å². The van der Waals surface area contributed by atoms with Crippen LogP contribution in [-0.2, 0) is 16.3 Å². The quantitative estimate of drug-likeness (QED) is 0.886. The van der Waals surface area contributed by atoms with Gasteiger partial charge in [0.1, 0.15) is 0 Å². The van der Waals surface area contributed by atoms with E-state index in [4.69, 9.17) is 0 Å². The molecule has 3 nitrogen and oxygen atoms in total. The molecular formula is C13H18O3S. The Morgan fingerprint density at radius 2 is 2.06 bits per heavy atom. The van der Waals surface area contributed by atoms with E-state index in [1.165, 1.54) is 17.4 Å². The van der Waals surface area contributed by atoms with Crippen molar-refractivity contribution in [1.82, 2.24) is 0 Å². The standard InChI is InChI=1S/C13H18O3S/c1-9(17(2,15)16)13(14)8-11-7-10-5-3-4-6-12(10)11/h3-6,9,11,13-14H,7-8H2,1-2H3. The molecule has 0 heterocycles. The number of fused-ring (bicyclic) bond motifs is 1. The average Bonchev–Trinajstić information content (AvgIpc) is 2.23. The number of hydrogen-bond donors (Lipinski definition) is 1. The van der Waals surface area contributed by atoms with Crippen molar-refractivity contribution in [2.24, 2.45) is 0 Å². The van der Waals surface area contributed by atoms with Crippen LogP contribution in [0.15, 0.2) is 24.3 Å². The second-order valence-electron chi connectivity index (χ2n) is 4.94. The Morgan fingerprint density at radius 1 is 1.41 bits per heavy atom. The summed E-state index contributed by atoms with van der Waals surface area (Å²) in [5.41, 5.74) is 2.57. The van der Waals surface area contributed by atoms with Gasteiger partial charge in [-0.1, -0.05) is 24.3 Å². The van der Waals surface area contributed by atoms with Gasteiger partial charge in [-0.15, -0.1) is 0 Å². The van der Waals surface area contributed by atoms with Gasteiger partial charge in [-0.3, -0.25) is 0 Å². The molecular weight excluding hydrogens is 236 g/mol. The maximum atomic E-state index is 11.3. The molecule has 94 valence electrons. The Morgan fingerprint density at radius 3 is 2.65 bits per heavy atom. The van der Waals surface area contributed by atoms with Crippen LogP contribution in [0.2, 0.25) is 0 Å². The van der Waals surface area contributed by atoms with Gasteiger partial charge in [0.25, 0.3) is 0 Å². The van der Waals surface area contributed by atoms with E-state index in [-0.39, 0.29) is 0 Å². The molecule has 0 spiro atoms. The van der Waals surface area contributed by atoms with Crippen LogP contribution in [0.3, 0.4) is 0 Å². The largest absolute Gasteiger partial charge is 0.392 e. The summed E-state index contributed by atoms with van der Waals surface area (Å²) in [7, 11) is -3.16. The van der Waals surface area contributed by atoms with Gasteiger partial charge in [0.15, 0.2) is 9.84 Å². The van der Waals surface area contributed by atoms with Gasteiger partial charge in [0.2, 0.25) is 0 Å². The first-order chi connectivity index (χ1) is 7.89. The van der Waals surface area contributed by atoms with Crippen molar-refractivity contribution < 1.29 is 13.5 Å². The highest BCUT2D eigenvalue weighted by Crippen LogP contribution is 2.38. The van der Waals surface area contributed by atoms with Crippen LogP contribution < -0.4 is 0 Å². The van der Waals surface area contributed by atoms with E-state index >= 15 is 0 Å². The Bertz CT molecular complexity index is 507. The predicted octanol–water partition coefficient (Wildman–Crippen LogP) is 1.51. The summed E-state index contributed by atoms with van der Waals surface area (Å²) < 4.78 is 22.7. The highest BCUT2D eigenvalue weighted by atomic mass is 32.2. The van der Waals surface area contributed by atoms with Crippen molar-refractivity contribution in [2.45, 2.75) is 37.0 Å². The summed E-state index contributed by atoms with van der Waals surface area (Å²) in [4.78, 5) is 0. The molecule has 4 heteroatoms. The zero-order chi connectivity index (χ0) is 12.6. The van der Waals surface area contributed by atoms with Crippen LogP contribution >= 0.6 is 0 Å². The van der Waals surface area contributed by atoms with Gasteiger partial charge in [-0.2, -0.15) is 0 Å². The number of aliphatic hydroxyl groups is 1. The summed E-state index contributed by atoms with van der Waals surface area (Å²) in [5.74, 6) is 0.311. The lowest BCUT2D eigenvalue weighted by Crippen LogP contribution is -2.34. The molecule has 1 N–H and O–H groups in total. The molecule has 1 aromatic rings. The molecule has 2 rings (SSSR count). The molecule has 0 amide bonds. The molecule has 1 aliphatic carbocycles. The van der Waals surface area contributed by atoms with E-state index < -0.39 is 21.2 Å². The highest BCUT2D eigenvalue weighted by Gasteiger charge is 2.32. The van der Waals surface area contributed by atoms with Gasteiger partial charge >= 0.3 is 0 Å². The zero-order valence-corrected chi connectivity index (χ0v) is 10.9. The third kappa shape index (κ3) is 2.53. The van der Waals surface area contributed by atoms with Gasteiger partial charge < -0.3 is 5.11 Å². The summed E-state index contributed by atoms with van der Waals surface area (Å²) in [6, 6.07) is 8.13. The Hall–Kier alpha value is -0.870. The minimum atomic E-state index is -3.16. The lowest BCUT2D eigenvalue weighted by atomic mass is 9.74. The fraction of sp³-hybridized carbons (Fsp3) is 0.538. The zero-order valence-electron chi connectivity index (χ0n) is 10.1. The number of sulfone groups is 1. The van der Waals surface area contributed by atoms with Gasteiger partial charge in [0.05, 0.1) is 11.4 Å². The topological polar surface area (TPSA) is 54.4 Å². The highest BCUT2D eigenvalue weighted by molar-refractivity contribution is 7.91. The summed E-state index contributed by atoms with van der Waals surface area (Å²) in [6.45, 7) is 1.57. The van der Waals surface area contributed by atoms with Gasteiger partial charge in [-0.05, 0) is 36.8 Å². The molecule has 0 bridgehead atoms. The van der Waals surface area contributed by atoms with Crippen molar-refractivity contribution in [1.29, 1.82) is 0 Å². The summed E-state index contributed by atoms with van der Waals surface area (Å²) >= 11 is 0. The first-order valence-corrected chi connectivity index (χ1v) is 7.80. The number of benzene rings is 1. The van der Waals surface area contributed by atoms with Crippen LogP contribution in [0, 0.1) is 0 Å². The Labute approximate surface area is 102 Å². The van der Waals surface area contributed by atoms with Crippen molar-refractivity contribution in [3.05, 3.63) is 35.4 Å². The number of hydrogen-bond acceptors (Lipinski definition) is 3. The minimum absolute atomic E-state index is 0.311. The number of rotatable bonds is 4. The molecule has 0 fully saturated rings. The molecule has 17 heavy (non-hydrogen) atoms. The maximum absolute atomic E-state index is 11.3. The van der Waals surface area contributed by atoms with E-state index in [0.29, 0.717) is 12.3 Å². The molecule has 3 unspecified atom stereocenters. The predicted molar refractivity (Wildman–Crippen MR) is 67.8 cm³/mol. The molecule has 1 aliphatic rings. The van der Waals surface area contributed by atoms with Crippen LogP contribution in [0.1, 0.15) is 30.4 Å². The summed E-state index contributed by atoms with van der Waals surface area (Å²) in [6.07, 6.45) is 1.88. The minimum Gasteiger partial charge on any atom is -0.392 e. The van der Waals surface area contributed by atoms with Gasteiger partial charge in [-0.25, -0.2) is 8.42 Å². The van der Waals surface area contributed by atoms with Crippen LogP contribution in [-0.4, -0.2) is 31.1 Å². The fourth-order valence-corrected chi connectivity index (χ4v) is 3.02. The summed E-state index contributed by atoms with van der Waals surface area (Å²) in [5, 5.41) is 9.25. The molecule has 0 radical (unpaired) electrons. The average molecular weight is 254 g/mol. The molecule has 0 aromatic heterocycles. The lowest BCUT2D eigenvalue weighted by Gasteiger charge is -2.32. The third-order valence-corrected chi connectivity index (χ3v) is 5.37. The third-order valence-electron chi connectivity index (χ3n) is 3.70. The monoisotopic (exact) mass is 254 g/mol. The first-order valence-electron chi connectivity index (χ1n) is 5.84. The van der Waals surface area contributed by atoms with E-state index in [0.717, 1.165) is 6.42 Å². The lowest BCUT2D eigenvalue weighted by molar-refractivity contribution is 0.150. The molecule has 3 atom stereocenters.